The van der Waals surface area contributed by atoms with Gasteiger partial charge in [0.1, 0.15) is 0 Å². The van der Waals surface area contributed by atoms with E-state index in [2.05, 4.69) is 61.5 Å². The average Bonchev–Trinajstić information content (AvgIpc) is 3.15. The molecule has 5 aromatic rings. The van der Waals surface area contributed by atoms with Gasteiger partial charge in [0.2, 0.25) is 0 Å². The first-order valence-electron chi connectivity index (χ1n) is 11.9. The molecule has 0 fully saturated rings. The van der Waals surface area contributed by atoms with Crippen LogP contribution in [0.2, 0.25) is 0 Å². The molecule has 0 saturated carbocycles. The van der Waals surface area contributed by atoms with Crippen molar-refractivity contribution in [3.05, 3.63) is 93.6 Å². The molecule has 5 aromatic carbocycles. The molecule has 0 bridgehead atoms. The van der Waals surface area contributed by atoms with Crippen LogP contribution in [-0.2, 0) is 8.67 Å². The van der Waals surface area contributed by atoms with Crippen LogP contribution in [-0.4, -0.2) is 9.85 Å². The van der Waals surface area contributed by atoms with E-state index in [0.717, 1.165) is 6.92 Å². The van der Waals surface area contributed by atoms with Gasteiger partial charge in [0.15, 0.2) is 0 Å². The van der Waals surface area contributed by atoms with E-state index < -0.39 is 42.1 Å². The molecule has 0 atom stereocenters. The topological polar surface area (TPSA) is 9.23 Å². The number of alkyl halides is 5. The van der Waals surface area contributed by atoms with E-state index in [0.29, 0.717) is 9.13 Å². The Morgan fingerprint density at radius 1 is 0.778 bits per heavy atom. The quantitative estimate of drug-likeness (QED) is 0.0860. The smallest absolute Gasteiger partial charge is 0.00241 e. The molecule has 0 spiro atoms. The Hall–Kier alpha value is -2.45. The molecule has 0 N–H and O–H groups in total. The number of hydrogen-bond donors (Lipinski definition) is 0. The fraction of sp³-hybridized carbons (Fsp3) is 0.267. The van der Waals surface area contributed by atoms with Crippen molar-refractivity contribution in [1.29, 1.82) is 0 Å². The zero-order chi connectivity index (χ0) is 25.9. The first-order chi connectivity index (χ1) is 17.0. The molecule has 0 amide bonds. The number of rotatable bonds is 3. The monoisotopic (exact) mass is 606 g/mol. The maximum atomic E-state index is 14.1. The third kappa shape index (κ3) is 3.93. The van der Waals surface area contributed by atoms with Crippen LogP contribution >= 0.6 is 20.2 Å². The van der Waals surface area contributed by atoms with E-state index in [4.69, 9.17) is 3.07 Å². The normalized spacial score (nSPS) is 16.4. The van der Waals surface area contributed by atoms with Gasteiger partial charge >= 0.3 is 117 Å². The molecule has 0 radical (unpaired) electrons. The summed E-state index contributed by atoms with van der Waals surface area (Å²) in [7, 11) is 0. The van der Waals surface area contributed by atoms with Crippen LogP contribution in [0.4, 0.5) is 17.6 Å². The van der Waals surface area contributed by atoms with E-state index in [1.54, 1.807) is 32.0 Å². The van der Waals surface area contributed by atoms with Gasteiger partial charge in [0.25, 0.3) is 0 Å². The minimum absolute atomic E-state index is 0.301. The summed E-state index contributed by atoms with van der Waals surface area (Å²) < 4.78 is 56.9. The predicted molar refractivity (Wildman–Crippen MR) is 148 cm³/mol. The van der Waals surface area contributed by atoms with Crippen molar-refractivity contribution in [3.8, 4) is 0 Å². The average molecular weight is 606 g/mol. The van der Waals surface area contributed by atoms with E-state index in [1.807, 2.05) is 0 Å². The van der Waals surface area contributed by atoms with Gasteiger partial charge in [-0.1, -0.05) is 54.6 Å². The van der Waals surface area contributed by atoms with Crippen LogP contribution in [0.25, 0.3) is 32.3 Å². The van der Waals surface area contributed by atoms with Crippen molar-refractivity contribution in [1.82, 2.24) is 0 Å². The SMILES string of the molecule is CCC(F)(F)C(F)(F)I1OC(C)(C)c2ccccc21.Cc1cc2cccc3ccc4cccc1c4c32. The van der Waals surface area contributed by atoms with Crippen LogP contribution in [0.5, 0.6) is 0 Å². The summed E-state index contributed by atoms with van der Waals surface area (Å²) in [5.41, 5.74) is 1.04. The number of aryl methyl sites for hydroxylation is 1. The molecule has 0 aliphatic carbocycles. The fourth-order valence-corrected chi connectivity index (χ4v) is 10.4. The molecular weight excluding hydrogens is 579 g/mol. The van der Waals surface area contributed by atoms with Gasteiger partial charge in [-0.3, -0.25) is 0 Å². The third-order valence-electron chi connectivity index (χ3n) is 6.77. The van der Waals surface area contributed by atoms with Crippen LogP contribution < -0.4 is 0 Å². The zero-order valence-electron chi connectivity index (χ0n) is 20.5. The van der Waals surface area contributed by atoms with Crippen molar-refractivity contribution in [3.63, 3.8) is 0 Å². The molecular formula is C30H27F4IO. The molecule has 1 nitrogen and oxygen atoms in total. The van der Waals surface area contributed by atoms with Crippen LogP contribution in [0, 0.1) is 10.5 Å². The largest absolute Gasteiger partial charge is 0.0610 e. The Morgan fingerprint density at radius 3 is 2.08 bits per heavy atom. The number of benzene rings is 5. The van der Waals surface area contributed by atoms with E-state index in [1.165, 1.54) is 43.9 Å². The molecule has 1 aliphatic heterocycles. The second kappa shape index (κ2) is 8.84. The van der Waals surface area contributed by atoms with Crippen LogP contribution in [0.15, 0.2) is 78.9 Å². The van der Waals surface area contributed by atoms with Crippen molar-refractivity contribution in [2.24, 2.45) is 0 Å². The van der Waals surface area contributed by atoms with Crippen LogP contribution in [0.3, 0.4) is 0 Å². The molecule has 0 unspecified atom stereocenters. The van der Waals surface area contributed by atoms with Gasteiger partial charge in [-0.25, -0.2) is 0 Å². The molecule has 36 heavy (non-hydrogen) atoms. The first-order valence-corrected chi connectivity index (χ1v) is 14.9. The van der Waals surface area contributed by atoms with E-state index in [-0.39, 0.29) is 0 Å². The van der Waals surface area contributed by atoms with Gasteiger partial charge in [-0.2, -0.15) is 0 Å². The maximum absolute atomic E-state index is 14.1. The summed E-state index contributed by atoms with van der Waals surface area (Å²) >= 11 is -3.75. The minimum Gasteiger partial charge on any atom is -0.0610 e. The zero-order valence-corrected chi connectivity index (χ0v) is 22.7. The minimum atomic E-state index is -4.07. The number of halogens is 5. The van der Waals surface area contributed by atoms with Gasteiger partial charge < -0.3 is 0 Å². The van der Waals surface area contributed by atoms with Crippen molar-refractivity contribution < 1.29 is 20.6 Å². The summed E-state index contributed by atoms with van der Waals surface area (Å²) in [4.78, 5) is 0. The Labute approximate surface area is 215 Å². The summed E-state index contributed by atoms with van der Waals surface area (Å²) in [5, 5.41) is 8.24. The van der Waals surface area contributed by atoms with Crippen molar-refractivity contribution in [2.45, 2.75) is 49.6 Å². The number of fused-ring (bicyclic) bond motifs is 1. The Kier molecular flexibility index (Phi) is 6.19. The molecule has 0 saturated heterocycles. The first kappa shape index (κ1) is 25.2. The third-order valence-corrected chi connectivity index (χ3v) is 12.3. The molecule has 1 aliphatic rings. The summed E-state index contributed by atoms with van der Waals surface area (Å²) in [6, 6.07) is 26.3. The van der Waals surface area contributed by atoms with Crippen molar-refractivity contribution >= 4 is 52.6 Å². The van der Waals surface area contributed by atoms with Gasteiger partial charge in [0.05, 0.1) is 0 Å². The maximum Gasteiger partial charge on any atom is -0.00241 e. The molecule has 0 aromatic heterocycles. The molecule has 188 valence electrons. The molecule has 1 heterocycles. The van der Waals surface area contributed by atoms with E-state index >= 15 is 0 Å². The fourth-order valence-electron chi connectivity index (χ4n) is 4.82. The standard InChI is InChI=1S/C17H12.C13H15F4IO/c1-11-10-14-6-2-4-12-8-9-13-5-3-7-15(11)17(13)16(12)14;1-4-12(14,15)13(16,17)18-10-8-6-5-7-9(10)11(2,3)19-18/h2-10H,1H3;5-8H,4H2,1-3H3. The summed E-state index contributed by atoms with van der Waals surface area (Å²) in [6.45, 7) is 6.55. The summed E-state index contributed by atoms with van der Waals surface area (Å²) in [6.07, 6.45) is -0.889. The second-order valence-electron chi connectivity index (χ2n) is 9.61. The summed E-state index contributed by atoms with van der Waals surface area (Å²) in [5.74, 6) is -4.02. The number of hydrogen-bond acceptors (Lipinski definition) is 1. The van der Waals surface area contributed by atoms with Gasteiger partial charge in [-0.05, 0) is 44.8 Å². The molecule has 6 heteroatoms. The van der Waals surface area contributed by atoms with Crippen molar-refractivity contribution in [2.75, 3.05) is 0 Å². The predicted octanol–water partition coefficient (Wildman–Crippen LogP) is 10.1. The second-order valence-corrected chi connectivity index (χ2v) is 14.0. The Morgan fingerprint density at radius 2 is 1.39 bits per heavy atom. The Bertz CT molecular complexity index is 1560. The van der Waals surface area contributed by atoms with E-state index in [9.17, 15) is 17.6 Å². The van der Waals surface area contributed by atoms with Crippen LogP contribution in [0.1, 0.15) is 38.3 Å². The van der Waals surface area contributed by atoms with Gasteiger partial charge in [0, 0.05) is 0 Å². The Balaban J connectivity index is 0.000000149. The molecule has 6 rings (SSSR count). The van der Waals surface area contributed by atoms with Gasteiger partial charge in [-0.15, -0.1) is 0 Å².